The number of nitrogens with one attached hydrogen (secondary N) is 1. The zero-order valence-electron chi connectivity index (χ0n) is 11.9. The van der Waals surface area contributed by atoms with E-state index in [4.69, 9.17) is 29.0 Å². The predicted octanol–water partition coefficient (Wildman–Crippen LogP) is 4.07. The summed E-state index contributed by atoms with van der Waals surface area (Å²) in [4.78, 5) is 1.09. The fourth-order valence-electron chi connectivity index (χ4n) is 2.03. The molecule has 0 bridgehead atoms. The molecule has 2 aromatic rings. The van der Waals surface area contributed by atoms with Crippen molar-refractivity contribution >= 4 is 35.0 Å². The van der Waals surface area contributed by atoms with E-state index in [1.165, 1.54) is 0 Å². The standard InChI is InChI=1S/C14H18Cl2N4S/c1-9(2)20-14(12(16)7-18-20)13(19-17)8-21-11-5-3-4-10(15)6-11/h3-7,9,13,19H,8,17H2,1-2H3. The summed E-state index contributed by atoms with van der Waals surface area (Å²) in [5.41, 5.74) is 3.73. The molecule has 1 aromatic heterocycles. The van der Waals surface area contributed by atoms with E-state index in [2.05, 4.69) is 24.4 Å². The normalized spacial score (nSPS) is 12.9. The summed E-state index contributed by atoms with van der Waals surface area (Å²) in [6, 6.07) is 7.87. The van der Waals surface area contributed by atoms with Crippen LogP contribution in [0, 0.1) is 0 Å². The highest BCUT2D eigenvalue weighted by Gasteiger charge is 2.21. The predicted molar refractivity (Wildman–Crippen MR) is 89.9 cm³/mol. The molecule has 0 spiro atoms. The monoisotopic (exact) mass is 344 g/mol. The van der Waals surface area contributed by atoms with Gasteiger partial charge in [0.2, 0.25) is 0 Å². The Morgan fingerprint density at radius 3 is 2.76 bits per heavy atom. The molecule has 2 rings (SSSR count). The van der Waals surface area contributed by atoms with Crippen molar-refractivity contribution in [2.75, 3.05) is 5.75 Å². The van der Waals surface area contributed by atoms with Crippen LogP contribution in [0.1, 0.15) is 31.6 Å². The second-order valence-corrected chi connectivity index (χ2v) is 6.84. The molecule has 1 unspecified atom stereocenters. The van der Waals surface area contributed by atoms with Gasteiger partial charge in [-0.05, 0) is 32.0 Å². The number of thioether (sulfide) groups is 1. The maximum atomic E-state index is 6.26. The highest BCUT2D eigenvalue weighted by molar-refractivity contribution is 7.99. The lowest BCUT2D eigenvalue weighted by Gasteiger charge is -2.20. The van der Waals surface area contributed by atoms with E-state index in [1.807, 2.05) is 28.9 Å². The SMILES string of the molecule is CC(C)n1ncc(Cl)c1C(CSc1cccc(Cl)c1)NN. The van der Waals surface area contributed by atoms with Crippen molar-refractivity contribution in [1.82, 2.24) is 15.2 Å². The number of hydrogen-bond acceptors (Lipinski definition) is 4. The summed E-state index contributed by atoms with van der Waals surface area (Å²) in [7, 11) is 0. The maximum Gasteiger partial charge on any atom is 0.0835 e. The zero-order valence-corrected chi connectivity index (χ0v) is 14.2. The second-order valence-electron chi connectivity index (χ2n) is 4.90. The van der Waals surface area contributed by atoms with Crippen LogP contribution in [0.3, 0.4) is 0 Å². The minimum Gasteiger partial charge on any atom is -0.271 e. The van der Waals surface area contributed by atoms with E-state index in [0.29, 0.717) is 5.02 Å². The molecule has 3 N–H and O–H groups in total. The number of hydrogen-bond donors (Lipinski definition) is 2. The van der Waals surface area contributed by atoms with Gasteiger partial charge in [0.25, 0.3) is 0 Å². The first kappa shape index (κ1) is 16.6. The van der Waals surface area contributed by atoms with Gasteiger partial charge in [-0.25, -0.2) is 0 Å². The molecule has 0 aliphatic heterocycles. The molecule has 0 aliphatic rings. The summed E-state index contributed by atoms with van der Waals surface area (Å²) < 4.78 is 1.89. The Kier molecular flexibility index (Phi) is 5.96. The summed E-state index contributed by atoms with van der Waals surface area (Å²) in [5.74, 6) is 6.44. The summed E-state index contributed by atoms with van der Waals surface area (Å²) in [6.07, 6.45) is 1.66. The first-order valence-corrected chi connectivity index (χ1v) is 8.34. The number of hydrazine groups is 1. The van der Waals surface area contributed by atoms with Crippen LogP contribution >= 0.6 is 35.0 Å². The fraction of sp³-hybridized carbons (Fsp3) is 0.357. The largest absolute Gasteiger partial charge is 0.271 e. The van der Waals surface area contributed by atoms with Crippen LogP contribution in [0.15, 0.2) is 35.4 Å². The van der Waals surface area contributed by atoms with Crippen LogP contribution in [-0.4, -0.2) is 15.5 Å². The Morgan fingerprint density at radius 1 is 1.38 bits per heavy atom. The van der Waals surface area contributed by atoms with Crippen LogP contribution < -0.4 is 11.3 Å². The van der Waals surface area contributed by atoms with E-state index in [9.17, 15) is 0 Å². The summed E-state index contributed by atoms with van der Waals surface area (Å²) in [5, 5.41) is 5.66. The third-order valence-electron chi connectivity index (χ3n) is 3.02. The molecule has 114 valence electrons. The lowest BCUT2D eigenvalue weighted by molar-refractivity contribution is 0.468. The summed E-state index contributed by atoms with van der Waals surface area (Å²) >= 11 is 13.9. The Morgan fingerprint density at radius 2 is 2.14 bits per heavy atom. The highest BCUT2D eigenvalue weighted by Crippen LogP contribution is 2.30. The van der Waals surface area contributed by atoms with Crippen molar-refractivity contribution in [2.45, 2.75) is 30.8 Å². The molecular formula is C14H18Cl2N4S. The second kappa shape index (κ2) is 7.51. The molecule has 21 heavy (non-hydrogen) atoms. The average Bonchev–Trinajstić information content (AvgIpc) is 2.82. The van der Waals surface area contributed by atoms with Crippen LogP contribution in [0.2, 0.25) is 10.0 Å². The zero-order chi connectivity index (χ0) is 15.4. The molecule has 1 atom stereocenters. The van der Waals surface area contributed by atoms with Crippen molar-refractivity contribution < 1.29 is 0 Å². The van der Waals surface area contributed by atoms with Gasteiger partial charge < -0.3 is 0 Å². The number of nitrogens with two attached hydrogens (primary N) is 1. The van der Waals surface area contributed by atoms with Crippen molar-refractivity contribution in [1.29, 1.82) is 0 Å². The van der Waals surface area contributed by atoms with E-state index in [1.54, 1.807) is 18.0 Å². The van der Waals surface area contributed by atoms with Gasteiger partial charge in [0.15, 0.2) is 0 Å². The smallest absolute Gasteiger partial charge is 0.0835 e. The van der Waals surface area contributed by atoms with Crippen LogP contribution in [0.5, 0.6) is 0 Å². The van der Waals surface area contributed by atoms with Crippen LogP contribution in [0.25, 0.3) is 0 Å². The molecule has 0 aliphatic carbocycles. The van der Waals surface area contributed by atoms with E-state index >= 15 is 0 Å². The van der Waals surface area contributed by atoms with Crippen molar-refractivity contribution in [3.05, 3.63) is 46.2 Å². The van der Waals surface area contributed by atoms with Crippen LogP contribution in [0.4, 0.5) is 0 Å². The van der Waals surface area contributed by atoms with Gasteiger partial charge in [-0.3, -0.25) is 16.0 Å². The van der Waals surface area contributed by atoms with Gasteiger partial charge in [-0.1, -0.05) is 29.3 Å². The Hall–Kier alpha value is -0.720. The Balaban J connectivity index is 2.15. The van der Waals surface area contributed by atoms with E-state index in [-0.39, 0.29) is 12.1 Å². The number of benzene rings is 1. The molecule has 0 saturated heterocycles. The molecular weight excluding hydrogens is 327 g/mol. The van der Waals surface area contributed by atoms with Gasteiger partial charge in [-0.2, -0.15) is 5.10 Å². The number of halogens is 2. The van der Waals surface area contributed by atoms with Crippen molar-refractivity contribution in [3.8, 4) is 0 Å². The highest BCUT2D eigenvalue weighted by atomic mass is 35.5. The molecule has 0 amide bonds. The van der Waals surface area contributed by atoms with Gasteiger partial charge in [-0.15, -0.1) is 11.8 Å². The molecule has 4 nitrogen and oxygen atoms in total. The first-order valence-electron chi connectivity index (χ1n) is 6.60. The molecule has 7 heteroatoms. The number of nitrogens with zero attached hydrogens (tertiary/aromatic N) is 2. The topological polar surface area (TPSA) is 55.9 Å². The molecule has 1 aromatic carbocycles. The van der Waals surface area contributed by atoms with Gasteiger partial charge in [0, 0.05) is 21.7 Å². The molecule has 0 radical (unpaired) electrons. The third-order valence-corrected chi connectivity index (χ3v) is 4.63. The van der Waals surface area contributed by atoms with Gasteiger partial charge in [0.05, 0.1) is 23.0 Å². The van der Waals surface area contributed by atoms with Crippen molar-refractivity contribution in [2.24, 2.45) is 5.84 Å². The number of rotatable bonds is 6. The van der Waals surface area contributed by atoms with Crippen LogP contribution in [-0.2, 0) is 0 Å². The minimum absolute atomic E-state index is 0.0913. The minimum atomic E-state index is -0.0913. The van der Waals surface area contributed by atoms with Gasteiger partial charge >= 0.3 is 0 Å². The Bertz CT molecular complexity index is 600. The fourth-order valence-corrected chi connectivity index (χ4v) is 3.55. The number of aromatic nitrogens is 2. The first-order chi connectivity index (χ1) is 10.0. The Labute approximate surface area is 139 Å². The lowest BCUT2D eigenvalue weighted by atomic mass is 10.2. The molecule has 0 saturated carbocycles. The van der Waals surface area contributed by atoms with E-state index in [0.717, 1.165) is 21.4 Å². The maximum absolute atomic E-state index is 6.26. The average molecular weight is 345 g/mol. The third kappa shape index (κ3) is 4.14. The lowest BCUT2D eigenvalue weighted by Crippen LogP contribution is -2.32. The molecule has 1 heterocycles. The molecule has 0 fully saturated rings. The van der Waals surface area contributed by atoms with Gasteiger partial charge in [0.1, 0.15) is 0 Å². The summed E-state index contributed by atoms with van der Waals surface area (Å²) in [6.45, 7) is 4.12. The van der Waals surface area contributed by atoms with E-state index < -0.39 is 0 Å². The quantitative estimate of drug-likeness (QED) is 0.471. The van der Waals surface area contributed by atoms with Crippen molar-refractivity contribution in [3.63, 3.8) is 0 Å².